The third-order valence-electron chi connectivity index (χ3n) is 5.76. The summed E-state index contributed by atoms with van der Waals surface area (Å²) in [5.41, 5.74) is 5.33. The summed E-state index contributed by atoms with van der Waals surface area (Å²) in [5.74, 6) is 0.943. The molecular formula is C23H20ClN3O. The van der Waals surface area contributed by atoms with Crippen LogP contribution in [0.1, 0.15) is 45.1 Å². The van der Waals surface area contributed by atoms with E-state index in [2.05, 4.69) is 34.1 Å². The molecule has 2 aromatic carbocycles. The van der Waals surface area contributed by atoms with Crippen LogP contribution < -0.4 is 4.90 Å². The van der Waals surface area contributed by atoms with Crippen molar-refractivity contribution in [2.24, 2.45) is 0 Å². The Hall–Kier alpha value is -2.72. The Balaban J connectivity index is 1.44. The van der Waals surface area contributed by atoms with Crippen molar-refractivity contribution in [2.45, 2.75) is 31.7 Å². The fourth-order valence-corrected chi connectivity index (χ4v) is 4.45. The second-order valence-corrected chi connectivity index (χ2v) is 7.99. The maximum atomic E-state index is 12.7. The van der Waals surface area contributed by atoms with Crippen molar-refractivity contribution < 1.29 is 4.79 Å². The Bertz CT molecular complexity index is 1070. The highest BCUT2D eigenvalue weighted by Gasteiger charge is 2.29. The van der Waals surface area contributed by atoms with Crippen molar-refractivity contribution in [3.63, 3.8) is 0 Å². The molecule has 4 nitrogen and oxygen atoms in total. The molecule has 0 spiro atoms. The van der Waals surface area contributed by atoms with E-state index in [4.69, 9.17) is 16.6 Å². The van der Waals surface area contributed by atoms with Gasteiger partial charge in [0.15, 0.2) is 5.78 Å². The molecule has 0 fully saturated rings. The number of ketones is 1. The third-order valence-corrected chi connectivity index (χ3v) is 6.00. The Morgan fingerprint density at radius 2 is 1.89 bits per heavy atom. The van der Waals surface area contributed by atoms with Gasteiger partial charge in [0.2, 0.25) is 5.95 Å². The van der Waals surface area contributed by atoms with Crippen molar-refractivity contribution in [3.8, 4) is 0 Å². The Labute approximate surface area is 169 Å². The summed E-state index contributed by atoms with van der Waals surface area (Å²) in [7, 11) is 0. The molecule has 1 unspecified atom stereocenters. The molecule has 0 N–H and O–H groups in total. The first kappa shape index (κ1) is 17.4. The van der Waals surface area contributed by atoms with Crippen LogP contribution in [0.25, 0.3) is 0 Å². The summed E-state index contributed by atoms with van der Waals surface area (Å²) in [4.78, 5) is 24.2. The molecule has 140 valence electrons. The summed E-state index contributed by atoms with van der Waals surface area (Å²) in [6.45, 7) is 1.70. The molecule has 5 rings (SSSR count). The first-order valence-electron chi connectivity index (χ1n) is 9.63. The number of benzene rings is 2. The van der Waals surface area contributed by atoms with Gasteiger partial charge in [0.05, 0.1) is 11.3 Å². The van der Waals surface area contributed by atoms with Crippen LogP contribution in [-0.2, 0) is 19.4 Å². The lowest BCUT2D eigenvalue weighted by molar-refractivity contribution is 0.0962. The number of carbonyl (C=O) groups is 1. The van der Waals surface area contributed by atoms with Crippen molar-refractivity contribution in [1.29, 1.82) is 0 Å². The smallest absolute Gasteiger partial charge is 0.225 e. The van der Waals surface area contributed by atoms with Crippen LogP contribution in [-0.4, -0.2) is 22.3 Å². The molecule has 28 heavy (non-hydrogen) atoms. The Morgan fingerprint density at radius 1 is 1.04 bits per heavy atom. The molecule has 1 aliphatic carbocycles. The number of hydrogen-bond acceptors (Lipinski definition) is 4. The molecule has 3 aromatic rings. The van der Waals surface area contributed by atoms with Crippen LogP contribution in [0.5, 0.6) is 0 Å². The van der Waals surface area contributed by atoms with Gasteiger partial charge >= 0.3 is 0 Å². The first-order valence-corrected chi connectivity index (χ1v) is 10.0. The van der Waals surface area contributed by atoms with Gasteiger partial charge in [0.25, 0.3) is 0 Å². The van der Waals surface area contributed by atoms with Gasteiger partial charge in [-0.25, -0.2) is 9.97 Å². The summed E-state index contributed by atoms with van der Waals surface area (Å²) < 4.78 is 0. The predicted octanol–water partition coefficient (Wildman–Crippen LogP) is 4.61. The number of anilines is 1. The lowest BCUT2D eigenvalue weighted by Crippen LogP contribution is -2.32. The molecule has 1 aliphatic heterocycles. The second kappa shape index (κ2) is 7.02. The summed E-state index contributed by atoms with van der Waals surface area (Å²) in [6.07, 6.45) is 3.92. The van der Waals surface area contributed by atoms with E-state index in [0.717, 1.165) is 37.2 Å². The van der Waals surface area contributed by atoms with Crippen molar-refractivity contribution >= 4 is 23.3 Å². The van der Waals surface area contributed by atoms with Gasteiger partial charge in [-0.3, -0.25) is 4.79 Å². The monoisotopic (exact) mass is 389 g/mol. The largest absolute Gasteiger partial charge is 0.336 e. The topological polar surface area (TPSA) is 46.1 Å². The minimum atomic E-state index is 0.113. The number of carbonyl (C=O) groups excluding carboxylic acids is 1. The van der Waals surface area contributed by atoms with Crippen LogP contribution in [0.3, 0.4) is 0 Å². The molecule has 0 saturated carbocycles. The molecule has 0 saturated heterocycles. The van der Waals surface area contributed by atoms with Gasteiger partial charge in [-0.2, -0.15) is 0 Å². The lowest BCUT2D eigenvalue weighted by atomic mass is 9.82. The number of nitrogens with zero attached hydrogens (tertiary/aromatic N) is 3. The molecule has 2 aliphatic rings. The van der Waals surface area contributed by atoms with Crippen molar-refractivity contribution in [2.75, 3.05) is 11.4 Å². The van der Waals surface area contributed by atoms with Gasteiger partial charge in [0.1, 0.15) is 0 Å². The predicted molar refractivity (Wildman–Crippen MR) is 110 cm³/mol. The molecule has 5 heteroatoms. The van der Waals surface area contributed by atoms with Gasteiger partial charge in [0, 0.05) is 30.7 Å². The highest BCUT2D eigenvalue weighted by Crippen LogP contribution is 2.33. The molecule has 0 radical (unpaired) electrons. The van der Waals surface area contributed by atoms with E-state index in [-0.39, 0.29) is 11.7 Å². The second-order valence-electron chi connectivity index (χ2n) is 7.55. The zero-order valence-electron chi connectivity index (χ0n) is 15.4. The van der Waals surface area contributed by atoms with Gasteiger partial charge in [-0.1, -0.05) is 48.0 Å². The maximum Gasteiger partial charge on any atom is 0.225 e. The van der Waals surface area contributed by atoms with Gasteiger partial charge in [-0.05, 0) is 47.6 Å². The molecule has 1 aromatic heterocycles. The van der Waals surface area contributed by atoms with E-state index >= 15 is 0 Å². The van der Waals surface area contributed by atoms with Crippen molar-refractivity contribution in [3.05, 3.63) is 87.7 Å². The van der Waals surface area contributed by atoms with E-state index in [9.17, 15) is 4.79 Å². The van der Waals surface area contributed by atoms with Crippen LogP contribution in [0, 0.1) is 0 Å². The SMILES string of the molecule is O=C1CC(c2cccc(Cl)c2)Cc2nc(N3CCc4ccccc4C3)ncc21. The first-order chi connectivity index (χ1) is 13.7. The molecule has 1 atom stereocenters. The summed E-state index contributed by atoms with van der Waals surface area (Å²) in [5, 5.41) is 0.700. The van der Waals surface area contributed by atoms with E-state index in [1.165, 1.54) is 11.1 Å². The summed E-state index contributed by atoms with van der Waals surface area (Å²) >= 11 is 6.15. The number of fused-ring (bicyclic) bond motifs is 2. The zero-order chi connectivity index (χ0) is 19.1. The average Bonchev–Trinajstić information content (AvgIpc) is 2.73. The Kier molecular flexibility index (Phi) is 4.36. The summed E-state index contributed by atoms with van der Waals surface area (Å²) in [6, 6.07) is 16.3. The van der Waals surface area contributed by atoms with E-state index in [1.54, 1.807) is 6.20 Å². The average molecular weight is 390 g/mol. The highest BCUT2D eigenvalue weighted by molar-refractivity contribution is 6.30. The lowest BCUT2D eigenvalue weighted by Gasteiger charge is -2.30. The minimum Gasteiger partial charge on any atom is -0.336 e. The quantitative estimate of drug-likeness (QED) is 0.642. The number of Topliss-reactive ketones (excluding diaryl/α,β-unsaturated/α-hetero) is 1. The number of halogens is 1. The van der Waals surface area contributed by atoms with E-state index in [1.807, 2.05) is 24.3 Å². The maximum absolute atomic E-state index is 12.7. The van der Waals surface area contributed by atoms with Crippen molar-refractivity contribution in [1.82, 2.24) is 9.97 Å². The molecule has 0 amide bonds. The van der Waals surface area contributed by atoms with Crippen LogP contribution in [0.4, 0.5) is 5.95 Å². The van der Waals surface area contributed by atoms with Crippen LogP contribution in [0.2, 0.25) is 5.02 Å². The van der Waals surface area contributed by atoms with Crippen LogP contribution >= 0.6 is 11.6 Å². The fraction of sp³-hybridized carbons (Fsp3) is 0.261. The number of hydrogen-bond donors (Lipinski definition) is 0. The van der Waals surface area contributed by atoms with E-state index in [0.29, 0.717) is 23.0 Å². The Morgan fingerprint density at radius 3 is 2.75 bits per heavy atom. The van der Waals surface area contributed by atoms with E-state index < -0.39 is 0 Å². The standard InChI is InChI=1S/C23H20ClN3O/c24-19-7-3-6-16(10-19)18-11-21-20(22(28)12-18)13-25-23(26-21)27-9-8-15-4-1-2-5-17(15)14-27/h1-7,10,13,18H,8-9,11-12,14H2. The minimum absolute atomic E-state index is 0.113. The normalized spacial score (nSPS) is 18.5. The molecule has 2 heterocycles. The highest BCUT2D eigenvalue weighted by atomic mass is 35.5. The molecule has 0 bridgehead atoms. The number of aromatic nitrogens is 2. The van der Waals surface area contributed by atoms with Crippen LogP contribution in [0.15, 0.2) is 54.7 Å². The third kappa shape index (κ3) is 3.18. The zero-order valence-corrected chi connectivity index (χ0v) is 16.2. The number of rotatable bonds is 2. The van der Waals surface area contributed by atoms with Gasteiger partial charge < -0.3 is 4.90 Å². The van der Waals surface area contributed by atoms with Gasteiger partial charge in [-0.15, -0.1) is 0 Å². The fourth-order valence-electron chi connectivity index (χ4n) is 4.25. The molecular weight excluding hydrogens is 370 g/mol.